The second-order valence-corrected chi connectivity index (χ2v) is 7.26. The second-order valence-electron chi connectivity index (χ2n) is 7.26. The summed E-state index contributed by atoms with van der Waals surface area (Å²) in [5.41, 5.74) is 9.30. The maximum atomic E-state index is 14.1. The van der Waals surface area contributed by atoms with Crippen LogP contribution in [0.3, 0.4) is 0 Å². The van der Waals surface area contributed by atoms with Gasteiger partial charge in [-0.15, -0.1) is 0 Å². The summed E-state index contributed by atoms with van der Waals surface area (Å²) in [6.45, 7) is 3.02. The van der Waals surface area contributed by atoms with Crippen LogP contribution in [-0.2, 0) is 0 Å². The van der Waals surface area contributed by atoms with Crippen LogP contribution in [0.25, 0.3) is 17.0 Å². The van der Waals surface area contributed by atoms with E-state index < -0.39 is 6.17 Å². The summed E-state index contributed by atoms with van der Waals surface area (Å²) in [5, 5.41) is 3.06. The molecule has 2 aliphatic heterocycles. The molecule has 0 radical (unpaired) electrons. The van der Waals surface area contributed by atoms with Crippen LogP contribution in [0.4, 0.5) is 16.0 Å². The lowest BCUT2D eigenvalue weighted by atomic mass is 9.97. The molecule has 5 heterocycles. The minimum atomic E-state index is -0.926. The van der Waals surface area contributed by atoms with Crippen LogP contribution in [-0.4, -0.2) is 51.7 Å². The van der Waals surface area contributed by atoms with Gasteiger partial charge in [-0.3, -0.25) is 4.40 Å². The molecular formula is C19H22FN7. The van der Waals surface area contributed by atoms with Crippen molar-refractivity contribution in [1.82, 2.24) is 24.7 Å². The predicted molar refractivity (Wildman–Crippen MR) is 103 cm³/mol. The van der Waals surface area contributed by atoms with Crippen molar-refractivity contribution >= 4 is 17.3 Å². The predicted octanol–water partition coefficient (Wildman–Crippen LogP) is 2.00. The zero-order valence-electron chi connectivity index (χ0n) is 15.0. The van der Waals surface area contributed by atoms with Crippen LogP contribution in [0, 0.1) is 0 Å². The van der Waals surface area contributed by atoms with Crippen LogP contribution < -0.4 is 16.0 Å². The van der Waals surface area contributed by atoms with Gasteiger partial charge in [0.25, 0.3) is 0 Å². The third-order valence-corrected chi connectivity index (χ3v) is 5.57. The summed E-state index contributed by atoms with van der Waals surface area (Å²) in [7, 11) is 0. The Morgan fingerprint density at radius 1 is 1.11 bits per heavy atom. The first-order chi connectivity index (χ1) is 13.2. The van der Waals surface area contributed by atoms with Crippen molar-refractivity contribution in [2.75, 3.05) is 36.8 Å². The van der Waals surface area contributed by atoms with Crippen LogP contribution in [0.1, 0.15) is 24.3 Å². The van der Waals surface area contributed by atoms with Gasteiger partial charge in [0.15, 0.2) is 5.65 Å². The van der Waals surface area contributed by atoms with E-state index in [4.69, 9.17) is 5.73 Å². The minimum Gasteiger partial charge on any atom is -0.383 e. The highest BCUT2D eigenvalue weighted by molar-refractivity contribution is 5.63. The number of rotatable bonds is 3. The molecule has 2 saturated heterocycles. The third-order valence-electron chi connectivity index (χ3n) is 5.57. The smallest absolute Gasteiger partial charge is 0.155 e. The molecule has 7 nitrogen and oxygen atoms in total. The van der Waals surface area contributed by atoms with Crippen molar-refractivity contribution in [3.63, 3.8) is 0 Å². The molecule has 0 unspecified atom stereocenters. The van der Waals surface area contributed by atoms with Gasteiger partial charge in [-0.2, -0.15) is 0 Å². The maximum absolute atomic E-state index is 14.1. The summed E-state index contributed by atoms with van der Waals surface area (Å²) in [6, 6.07) is 3.79. The SMILES string of the molecule is Nc1nc(-c2cnc3cnc(N4CCCC4)cn23)ccc1[C@H]1CNC[C@H]1F. The Balaban J connectivity index is 1.53. The number of nitrogens with two attached hydrogens (primary N) is 1. The van der Waals surface area contributed by atoms with Crippen LogP contribution in [0.15, 0.2) is 30.7 Å². The number of aromatic nitrogens is 4. The van der Waals surface area contributed by atoms with E-state index in [1.807, 2.05) is 22.7 Å². The average molecular weight is 367 g/mol. The first-order valence-corrected chi connectivity index (χ1v) is 9.40. The van der Waals surface area contributed by atoms with Crippen molar-refractivity contribution in [1.29, 1.82) is 0 Å². The fourth-order valence-corrected chi connectivity index (χ4v) is 4.07. The van der Waals surface area contributed by atoms with Gasteiger partial charge in [0.05, 0.1) is 30.0 Å². The van der Waals surface area contributed by atoms with E-state index in [0.717, 1.165) is 41.5 Å². The Kier molecular flexibility index (Phi) is 3.93. The molecule has 140 valence electrons. The zero-order chi connectivity index (χ0) is 18.4. The highest BCUT2D eigenvalue weighted by Gasteiger charge is 2.30. The first-order valence-electron chi connectivity index (χ1n) is 9.40. The molecule has 0 spiro atoms. The van der Waals surface area contributed by atoms with Crippen molar-refractivity contribution in [2.24, 2.45) is 0 Å². The van der Waals surface area contributed by atoms with Crippen molar-refractivity contribution in [3.8, 4) is 11.4 Å². The molecule has 3 aromatic heterocycles. The van der Waals surface area contributed by atoms with Gasteiger partial charge < -0.3 is 16.0 Å². The zero-order valence-corrected chi connectivity index (χ0v) is 15.0. The molecule has 0 amide bonds. The maximum Gasteiger partial charge on any atom is 0.155 e. The van der Waals surface area contributed by atoms with Gasteiger partial charge in [0, 0.05) is 37.7 Å². The molecular weight excluding hydrogens is 345 g/mol. The Labute approximate surface area is 156 Å². The molecule has 0 bridgehead atoms. The Morgan fingerprint density at radius 3 is 2.70 bits per heavy atom. The summed E-state index contributed by atoms with van der Waals surface area (Å²) in [5.74, 6) is 1.09. The summed E-state index contributed by atoms with van der Waals surface area (Å²) < 4.78 is 16.1. The van der Waals surface area contributed by atoms with E-state index in [0.29, 0.717) is 18.9 Å². The standard InChI is InChI=1S/C19H22FN7/c20-14-8-22-7-13(14)12-3-4-15(25-19(12)21)16-9-23-17-10-24-18(11-27(16)17)26-5-1-2-6-26/h3-4,9-11,13-14,22H,1-2,5-8H2,(H2,21,25)/t13-,14-/m1/s1. The molecule has 0 saturated carbocycles. The van der Waals surface area contributed by atoms with Crippen molar-refractivity contribution in [3.05, 3.63) is 36.3 Å². The van der Waals surface area contributed by atoms with Gasteiger partial charge >= 0.3 is 0 Å². The third kappa shape index (κ3) is 2.80. The monoisotopic (exact) mass is 367 g/mol. The number of anilines is 2. The Morgan fingerprint density at radius 2 is 1.96 bits per heavy atom. The quantitative estimate of drug-likeness (QED) is 0.737. The number of pyridine rings is 1. The number of hydrogen-bond acceptors (Lipinski definition) is 6. The van der Waals surface area contributed by atoms with Gasteiger partial charge in [0.1, 0.15) is 17.8 Å². The van der Waals surface area contributed by atoms with Gasteiger partial charge in [0.2, 0.25) is 0 Å². The normalized spacial score (nSPS) is 22.8. The lowest BCUT2D eigenvalue weighted by Gasteiger charge is -2.17. The summed E-state index contributed by atoms with van der Waals surface area (Å²) in [4.78, 5) is 15.8. The molecule has 2 atom stereocenters. The molecule has 2 aliphatic rings. The number of nitrogen functional groups attached to an aromatic ring is 1. The van der Waals surface area contributed by atoms with E-state index in [9.17, 15) is 4.39 Å². The topological polar surface area (TPSA) is 84.4 Å². The van der Waals surface area contributed by atoms with Gasteiger partial charge in [-0.1, -0.05) is 6.07 Å². The Hall–Kier alpha value is -2.74. The number of imidazole rings is 1. The molecule has 0 aromatic carbocycles. The lowest BCUT2D eigenvalue weighted by molar-refractivity contribution is 0.332. The molecule has 27 heavy (non-hydrogen) atoms. The lowest BCUT2D eigenvalue weighted by Crippen LogP contribution is -2.19. The van der Waals surface area contributed by atoms with Crippen LogP contribution in [0.5, 0.6) is 0 Å². The van der Waals surface area contributed by atoms with Crippen LogP contribution in [0.2, 0.25) is 0 Å². The first kappa shape index (κ1) is 16.4. The van der Waals surface area contributed by atoms with Gasteiger partial charge in [-0.05, 0) is 18.9 Å². The average Bonchev–Trinajstić information content (AvgIpc) is 3.42. The number of alkyl halides is 1. The fraction of sp³-hybridized carbons (Fsp3) is 0.421. The molecule has 3 aromatic rings. The summed E-state index contributed by atoms with van der Waals surface area (Å²) >= 11 is 0. The molecule has 2 fully saturated rings. The minimum absolute atomic E-state index is 0.236. The Bertz CT molecular complexity index is 979. The second kappa shape index (κ2) is 6.45. The molecule has 3 N–H and O–H groups in total. The van der Waals surface area contributed by atoms with E-state index in [1.54, 1.807) is 12.4 Å². The number of fused-ring (bicyclic) bond motifs is 1. The fourth-order valence-electron chi connectivity index (χ4n) is 4.07. The number of halogens is 1. The van der Waals surface area contributed by atoms with Crippen LogP contribution >= 0.6 is 0 Å². The number of nitrogens with one attached hydrogen (secondary N) is 1. The van der Waals surface area contributed by atoms with E-state index >= 15 is 0 Å². The molecule has 8 heteroatoms. The molecule has 5 rings (SSSR count). The largest absolute Gasteiger partial charge is 0.383 e. The highest BCUT2D eigenvalue weighted by Crippen LogP contribution is 2.31. The van der Waals surface area contributed by atoms with Crippen molar-refractivity contribution in [2.45, 2.75) is 24.9 Å². The number of hydrogen-bond donors (Lipinski definition) is 2. The highest BCUT2D eigenvalue weighted by atomic mass is 19.1. The van der Waals surface area contributed by atoms with E-state index in [-0.39, 0.29) is 5.92 Å². The van der Waals surface area contributed by atoms with E-state index in [1.165, 1.54) is 12.8 Å². The van der Waals surface area contributed by atoms with Crippen molar-refractivity contribution < 1.29 is 4.39 Å². The summed E-state index contributed by atoms with van der Waals surface area (Å²) in [6.07, 6.45) is 7.04. The number of nitrogens with zero attached hydrogens (tertiary/aromatic N) is 5. The van der Waals surface area contributed by atoms with Gasteiger partial charge in [-0.25, -0.2) is 19.3 Å². The van der Waals surface area contributed by atoms with E-state index in [2.05, 4.69) is 25.2 Å². The molecule has 0 aliphatic carbocycles.